The molecule has 3 atom stereocenters. The van der Waals surface area contributed by atoms with E-state index in [0.29, 0.717) is 5.92 Å². The van der Waals surface area contributed by atoms with Gasteiger partial charge in [0, 0.05) is 34.1 Å². The van der Waals surface area contributed by atoms with Crippen LogP contribution in [0.15, 0.2) is 168 Å². The number of ether oxygens (including phenoxy) is 1. The Morgan fingerprint density at radius 3 is 2.18 bits per heavy atom. The molecule has 10 aliphatic rings. The Bertz CT molecular complexity index is 3100. The summed E-state index contributed by atoms with van der Waals surface area (Å²) < 4.78 is 6.40. The van der Waals surface area contributed by atoms with Crippen LogP contribution in [0.2, 0.25) is 0 Å². The maximum absolute atomic E-state index is 6.40. The lowest BCUT2D eigenvalue weighted by molar-refractivity contribution is 0.337. The molecule has 2 heterocycles. The summed E-state index contributed by atoms with van der Waals surface area (Å²) in [6.45, 7) is 0. The van der Waals surface area contributed by atoms with Crippen molar-refractivity contribution in [3.63, 3.8) is 0 Å². The number of para-hydroxylation sites is 1. The topological polar surface area (TPSA) is 35.0 Å². The van der Waals surface area contributed by atoms with Gasteiger partial charge < -0.3 is 4.74 Å². The van der Waals surface area contributed by atoms with Crippen molar-refractivity contribution in [2.24, 2.45) is 5.92 Å². The molecule has 2 saturated carbocycles. The molecule has 0 amide bonds. The van der Waals surface area contributed by atoms with Gasteiger partial charge in [0.05, 0.1) is 11.4 Å². The standard InChI is InChI=1S/C64H60N2O/c1-4-16-43(17-5-1)62-65-57(40-58(66-62)46-30-31-50-49-21-7-9-25-59(49)67-60(50)37-46)42-28-26-41(27-29-42)44-18-14-19-45(36-44)47-22-15-24-54-61(47)52-39-55-51(38-56(52)64(54)34-12-3-13-35-64)48-20-6-8-23-53(48)63(55)32-10-2-11-33-63/h1,4-9,16,18,20-23,25-26,28-30,36-41,43,50H,2-3,10-15,17,19,24,27,31-35H2. The zero-order chi connectivity index (χ0) is 44.1. The maximum atomic E-state index is 6.40. The van der Waals surface area contributed by atoms with E-state index in [1.165, 1.54) is 92.9 Å². The molecule has 3 unspecified atom stereocenters. The van der Waals surface area contributed by atoms with Crippen molar-refractivity contribution in [2.75, 3.05) is 0 Å². The zero-order valence-corrected chi connectivity index (χ0v) is 38.8. The first-order valence-electron chi connectivity index (χ1n) is 26.1. The zero-order valence-electron chi connectivity index (χ0n) is 38.8. The van der Waals surface area contributed by atoms with Crippen molar-refractivity contribution >= 4 is 16.7 Å². The molecule has 1 aromatic heterocycles. The Balaban J connectivity index is 0.780. The second-order valence-corrected chi connectivity index (χ2v) is 21.3. The highest BCUT2D eigenvalue weighted by molar-refractivity contribution is 5.96. The van der Waals surface area contributed by atoms with E-state index in [-0.39, 0.29) is 22.7 Å². The molecule has 2 spiro atoms. The van der Waals surface area contributed by atoms with E-state index in [9.17, 15) is 0 Å². The first-order valence-corrected chi connectivity index (χ1v) is 26.1. The molecule has 4 aromatic rings. The van der Waals surface area contributed by atoms with Crippen molar-refractivity contribution < 1.29 is 4.74 Å². The molecule has 0 saturated heterocycles. The Hall–Kier alpha value is -6.06. The molecule has 2 fully saturated rings. The maximum Gasteiger partial charge on any atom is 0.136 e. The van der Waals surface area contributed by atoms with E-state index in [0.717, 1.165) is 72.8 Å². The fourth-order valence-corrected chi connectivity index (χ4v) is 14.7. The lowest BCUT2D eigenvalue weighted by Gasteiger charge is -2.39. The molecule has 3 aromatic carbocycles. The Kier molecular flexibility index (Phi) is 9.42. The van der Waals surface area contributed by atoms with Crippen LogP contribution < -0.4 is 4.74 Å². The summed E-state index contributed by atoms with van der Waals surface area (Å²) >= 11 is 0. The first-order chi connectivity index (χ1) is 33.1. The van der Waals surface area contributed by atoms with E-state index >= 15 is 0 Å². The van der Waals surface area contributed by atoms with E-state index < -0.39 is 0 Å². The number of hydrogen-bond acceptors (Lipinski definition) is 3. The number of hydrogen-bond donors (Lipinski definition) is 0. The van der Waals surface area contributed by atoms with Crippen LogP contribution in [0.25, 0.3) is 27.8 Å². The minimum atomic E-state index is 0.160. The number of aromatic nitrogens is 2. The van der Waals surface area contributed by atoms with Crippen LogP contribution >= 0.6 is 0 Å². The van der Waals surface area contributed by atoms with Crippen molar-refractivity contribution in [2.45, 2.75) is 132 Å². The number of benzene rings is 3. The van der Waals surface area contributed by atoms with E-state index in [2.05, 4.69) is 140 Å². The van der Waals surface area contributed by atoms with Gasteiger partial charge in [0.2, 0.25) is 0 Å². The quantitative estimate of drug-likeness (QED) is 0.200. The van der Waals surface area contributed by atoms with Gasteiger partial charge in [0.25, 0.3) is 0 Å². The van der Waals surface area contributed by atoms with Gasteiger partial charge in [0.1, 0.15) is 17.3 Å². The predicted molar refractivity (Wildman–Crippen MR) is 274 cm³/mol. The molecule has 0 bridgehead atoms. The SMILES string of the molecule is C1=CCC(c2nc(C3=CCC(C4=CCCC(C5=CCCC6=C5c5cc7c(cc5C65CCCCC5)-c5ccccc5C75CCCCC5)=C4)C=C3)cc(C3=CCC4C(=C3)Oc3ccccc34)n2)C=C1. The van der Waals surface area contributed by atoms with Gasteiger partial charge in [-0.25, -0.2) is 9.97 Å². The second-order valence-electron chi connectivity index (χ2n) is 21.3. The van der Waals surface area contributed by atoms with Gasteiger partial charge in [-0.1, -0.05) is 153 Å². The van der Waals surface area contributed by atoms with Crippen LogP contribution in [-0.2, 0) is 10.8 Å². The monoisotopic (exact) mass is 872 g/mol. The first kappa shape index (κ1) is 40.0. The third-order valence-electron chi connectivity index (χ3n) is 17.9. The van der Waals surface area contributed by atoms with Crippen LogP contribution in [0.5, 0.6) is 5.75 Å². The second kappa shape index (κ2) is 15.8. The van der Waals surface area contributed by atoms with Gasteiger partial charge in [0.15, 0.2) is 0 Å². The van der Waals surface area contributed by atoms with E-state index in [4.69, 9.17) is 14.7 Å². The minimum absolute atomic E-state index is 0.160. The van der Waals surface area contributed by atoms with Crippen LogP contribution in [0.3, 0.4) is 0 Å². The Labute approximate surface area is 397 Å². The molecular weight excluding hydrogens is 813 g/mol. The molecule has 332 valence electrons. The van der Waals surface area contributed by atoms with Crippen molar-refractivity contribution in [1.82, 2.24) is 9.97 Å². The summed E-state index contributed by atoms with van der Waals surface area (Å²) in [4.78, 5) is 10.5. The van der Waals surface area contributed by atoms with Gasteiger partial charge in [-0.2, -0.15) is 0 Å². The predicted octanol–water partition coefficient (Wildman–Crippen LogP) is 16.1. The fraction of sp³-hybridized carbons (Fsp3) is 0.344. The van der Waals surface area contributed by atoms with Gasteiger partial charge >= 0.3 is 0 Å². The van der Waals surface area contributed by atoms with Crippen molar-refractivity contribution in [1.29, 1.82) is 0 Å². The van der Waals surface area contributed by atoms with Crippen LogP contribution in [0, 0.1) is 5.92 Å². The third-order valence-corrected chi connectivity index (χ3v) is 17.9. The number of nitrogens with zero attached hydrogens (tertiary/aromatic N) is 2. The minimum Gasteiger partial charge on any atom is -0.461 e. The average molecular weight is 873 g/mol. The highest BCUT2D eigenvalue weighted by atomic mass is 16.5. The number of rotatable bonds is 5. The van der Waals surface area contributed by atoms with Gasteiger partial charge in [-0.15, -0.1) is 0 Å². The van der Waals surface area contributed by atoms with Gasteiger partial charge in [-0.3, -0.25) is 0 Å². The van der Waals surface area contributed by atoms with Crippen LogP contribution in [-0.4, -0.2) is 9.97 Å². The summed E-state index contributed by atoms with van der Waals surface area (Å²) in [7, 11) is 0. The van der Waals surface area contributed by atoms with Crippen molar-refractivity contribution in [3.8, 4) is 16.9 Å². The Morgan fingerprint density at radius 1 is 0.582 bits per heavy atom. The molecule has 3 nitrogen and oxygen atoms in total. The highest BCUT2D eigenvalue weighted by Crippen LogP contribution is 2.64. The van der Waals surface area contributed by atoms with Crippen molar-refractivity contribution in [3.05, 3.63) is 213 Å². The molecule has 0 N–H and O–H groups in total. The summed E-state index contributed by atoms with van der Waals surface area (Å²) in [5.74, 6) is 3.69. The normalized spacial score (nSPS) is 25.7. The average Bonchev–Trinajstić information content (AvgIpc) is 3.99. The summed E-state index contributed by atoms with van der Waals surface area (Å²) in [5, 5.41) is 0. The van der Waals surface area contributed by atoms with Crippen LogP contribution in [0.4, 0.5) is 0 Å². The molecule has 67 heavy (non-hydrogen) atoms. The molecule has 14 rings (SSSR count). The molecule has 1 aliphatic heterocycles. The Morgan fingerprint density at radius 2 is 1.34 bits per heavy atom. The summed E-state index contributed by atoms with van der Waals surface area (Å²) in [6.07, 6.45) is 49.1. The molecular formula is C64H60N2O. The van der Waals surface area contributed by atoms with E-state index in [1.54, 1.807) is 50.1 Å². The largest absolute Gasteiger partial charge is 0.461 e. The number of allylic oxidation sites excluding steroid dienone is 20. The number of fused-ring (bicyclic) bond motifs is 12. The molecule has 0 radical (unpaired) electrons. The summed E-state index contributed by atoms with van der Waals surface area (Å²) in [5.41, 5.74) is 23.6. The van der Waals surface area contributed by atoms with Crippen LogP contribution in [0.1, 0.15) is 166 Å². The summed E-state index contributed by atoms with van der Waals surface area (Å²) in [6, 6.07) is 25.8. The molecule has 3 heteroatoms. The smallest absolute Gasteiger partial charge is 0.136 e. The third kappa shape index (κ3) is 6.28. The highest BCUT2D eigenvalue weighted by Gasteiger charge is 2.50. The lowest BCUT2D eigenvalue weighted by atomic mass is 9.64. The van der Waals surface area contributed by atoms with Gasteiger partial charge in [-0.05, 0) is 168 Å². The molecule has 9 aliphatic carbocycles. The lowest BCUT2D eigenvalue weighted by Crippen LogP contribution is -2.30. The van der Waals surface area contributed by atoms with E-state index in [1.807, 2.05) is 0 Å². The fourth-order valence-electron chi connectivity index (χ4n) is 14.7.